The van der Waals surface area contributed by atoms with E-state index in [0.29, 0.717) is 16.6 Å². The van der Waals surface area contributed by atoms with Gasteiger partial charge in [-0.15, -0.1) is 5.10 Å². The number of alkyl halides is 3. The highest BCUT2D eigenvalue weighted by Gasteiger charge is 2.38. The Balaban J connectivity index is 1.96. The van der Waals surface area contributed by atoms with E-state index in [1.165, 1.54) is 29.0 Å². The highest BCUT2D eigenvalue weighted by Crippen LogP contribution is 2.41. The van der Waals surface area contributed by atoms with Gasteiger partial charge < -0.3 is 14.6 Å². The van der Waals surface area contributed by atoms with Crippen molar-refractivity contribution in [3.8, 4) is 23.1 Å². The molecular formula is C24H23ClF3N5O4. The average molecular weight is 538 g/mol. The van der Waals surface area contributed by atoms with Crippen LogP contribution in [-0.4, -0.2) is 41.7 Å². The van der Waals surface area contributed by atoms with Crippen LogP contribution in [-0.2, 0) is 13.2 Å². The van der Waals surface area contributed by atoms with Crippen molar-refractivity contribution in [3.05, 3.63) is 63.2 Å². The fourth-order valence-electron chi connectivity index (χ4n) is 3.69. The molecule has 1 N–H and O–H groups in total. The van der Waals surface area contributed by atoms with Crippen LogP contribution in [0.4, 0.5) is 13.2 Å². The summed E-state index contributed by atoms with van der Waals surface area (Å²) in [6, 6.07) is 4.33. The third-order valence-corrected chi connectivity index (χ3v) is 6.15. The third kappa shape index (κ3) is 4.98. The molecule has 0 fully saturated rings. The molecule has 0 bridgehead atoms. The van der Waals surface area contributed by atoms with Crippen LogP contribution < -0.4 is 15.2 Å². The van der Waals surface area contributed by atoms with Crippen LogP contribution >= 0.6 is 11.6 Å². The summed E-state index contributed by atoms with van der Waals surface area (Å²) in [7, 11) is 0. The minimum Gasteiger partial charge on any atom is -0.480 e. The van der Waals surface area contributed by atoms with Crippen LogP contribution in [0, 0.1) is 13.8 Å². The lowest BCUT2D eigenvalue weighted by Crippen LogP contribution is -2.31. The van der Waals surface area contributed by atoms with Gasteiger partial charge in [-0.05, 0) is 45.2 Å². The minimum absolute atomic E-state index is 0.0495. The Labute approximate surface area is 214 Å². The second kappa shape index (κ2) is 10.0. The van der Waals surface area contributed by atoms with Crippen LogP contribution in [0.25, 0.3) is 16.5 Å². The van der Waals surface area contributed by atoms with Crippen molar-refractivity contribution in [1.82, 2.24) is 24.3 Å². The zero-order valence-electron chi connectivity index (χ0n) is 20.3. The van der Waals surface area contributed by atoms with E-state index in [-0.39, 0.29) is 45.8 Å². The fourth-order valence-corrected chi connectivity index (χ4v) is 3.93. The van der Waals surface area contributed by atoms with Crippen molar-refractivity contribution in [3.63, 3.8) is 0 Å². The monoisotopic (exact) mass is 537 g/mol. The van der Waals surface area contributed by atoms with Crippen LogP contribution in [0.2, 0.25) is 5.02 Å². The number of aliphatic hydroxyl groups excluding tert-OH is 1. The first-order valence-corrected chi connectivity index (χ1v) is 11.6. The first kappa shape index (κ1) is 26.4. The molecule has 0 saturated heterocycles. The second-order valence-electron chi connectivity index (χ2n) is 8.24. The molecule has 13 heteroatoms. The van der Waals surface area contributed by atoms with Gasteiger partial charge in [0.05, 0.1) is 16.8 Å². The number of hydrogen-bond acceptors (Lipinski definition) is 7. The Bertz CT molecular complexity index is 1530. The number of benzene rings is 1. The topological polar surface area (TPSA) is 104 Å². The van der Waals surface area contributed by atoms with Crippen molar-refractivity contribution in [2.24, 2.45) is 0 Å². The maximum absolute atomic E-state index is 13.5. The van der Waals surface area contributed by atoms with Crippen LogP contribution in [0.3, 0.4) is 0 Å². The van der Waals surface area contributed by atoms with Gasteiger partial charge in [-0.3, -0.25) is 9.55 Å². The van der Waals surface area contributed by atoms with Gasteiger partial charge in [0.2, 0.25) is 5.88 Å². The lowest BCUT2D eigenvalue weighted by molar-refractivity contribution is -0.189. The predicted octanol–water partition coefficient (Wildman–Crippen LogP) is 4.88. The van der Waals surface area contributed by atoms with Gasteiger partial charge in [-0.2, -0.15) is 17.9 Å². The number of fused-ring (bicyclic) bond motifs is 1. The molecule has 0 saturated carbocycles. The number of ether oxygens (including phenoxy) is 2. The third-order valence-electron chi connectivity index (χ3n) is 5.71. The Morgan fingerprint density at radius 3 is 2.57 bits per heavy atom. The molecule has 9 nitrogen and oxygen atoms in total. The highest BCUT2D eigenvalue weighted by atomic mass is 35.5. The summed E-state index contributed by atoms with van der Waals surface area (Å²) in [6.07, 6.45) is -3.90. The molecule has 3 heterocycles. The van der Waals surface area contributed by atoms with E-state index in [9.17, 15) is 23.1 Å². The van der Waals surface area contributed by atoms with Crippen molar-refractivity contribution in [2.45, 2.75) is 53.1 Å². The molecule has 196 valence electrons. The van der Waals surface area contributed by atoms with Crippen molar-refractivity contribution in [1.29, 1.82) is 0 Å². The van der Waals surface area contributed by atoms with E-state index < -0.39 is 24.6 Å². The molecule has 4 rings (SSSR count). The molecule has 0 amide bonds. The molecule has 0 radical (unpaired) electrons. The molecule has 0 spiro atoms. The van der Waals surface area contributed by atoms with E-state index in [1.807, 2.05) is 0 Å². The van der Waals surface area contributed by atoms with E-state index in [4.69, 9.17) is 21.1 Å². The Hall–Kier alpha value is -3.64. The number of aromatic nitrogens is 5. The molecule has 0 unspecified atom stereocenters. The summed E-state index contributed by atoms with van der Waals surface area (Å²) in [5, 5.41) is 14.5. The smallest absolute Gasteiger partial charge is 0.425 e. The van der Waals surface area contributed by atoms with Gasteiger partial charge in [-0.25, -0.2) is 9.78 Å². The highest BCUT2D eigenvalue weighted by molar-refractivity contribution is 6.32. The molecule has 3 aromatic heterocycles. The largest absolute Gasteiger partial charge is 0.480 e. The molecule has 1 aromatic carbocycles. The van der Waals surface area contributed by atoms with E-state index in [1.54, 1.807) is 27.0 Å². The zero-order chi connectivity index (χ0) is 27.1. The summed E-state index contributed by atoms with van der Waals surface area (Å²) in [5.74, 6) is 0.0733. The van der Waals surface area contributed by atoms with Gasteiger partial charge >= 0.3 is 11.9 Å². The van der Waals surface area contributed by atoms with Gasteiger partial charge in [0.15, 0.2) is 17.7 Å². The molecule has 0 aliphatic heterocycles. The molecule has 0 aliphatic rings. The quantitative estimate of drug-likeness (QED) is 0.358. The maximum atomic E-state index is 13.5. The SMILES string of the molecule is CCn1c(CO)nn(-c2cc(O[C@@H](C)C(F)(F)F)c3c(Oc4c(C)cnc(C)c4Cl)nccc3c2)c1=O. The number of nitrogens with zero attached hydrogens (tertiary/aromatic N) is 5. The zero-order valence-corrected chi connectivity index (χ0v) is 21.1. The summed E-state index contributed by atoms with van der Waals surface area (Å²) in [5.41, 5.74) is 0.652. The molecular weight excluding hydrogens is 515 g/mol. The fraction of sp³-hybridized carbons (Fsp3) is 0.333. The maximum Gasteiger partial charge on any atom is 0.425 e. The Kier molecular flexibility index (Phi) is 7.16. The standard InChI is InChI=1S/C24H23ClF3N5O4/c1-5-32-18(11-34)31-33(23(32)35)16-8-15-6-7-29-22(37-21-12(2)10-30-13(3)20(21)25)19(15)17(9-16)36-14(4)24(26,27)28/h6-10,14,34H,5,11H2,1-4H3/t14-/m0/s1. The number of aryl methyl sites for hydroxylation is 2. The Morgan fingerprint density at radius 2 is 1.95 bits per heavy atom. The van der Waals surface area contributed by atoms with Crippen molar-refractivity contribution >= 4 is 22.4 Å². The molecule has 37 heavy (non-hydrogen) atoms. The predicted molar refractivity (Wildman–Crippen MR) is 130 cm³/mol. The minimum atomic E-state index is -4.67. The number of aliphatic hydroxyl groups is 1. The summed E-state index contributed by atoms with van der Waals surface area (Å²) < 4.78 is 54.0. The normalized spacial score (nSPS) is 12.7. The lowest BCUT2D eigenvalue weighted by Gasteiger charge is -2.21. The first-order valence-electron chi connectivity index (χ1n) is 11.2. The van der Waals surface area contributed by atoms with Crippen molar-refractivity contribution < 1.29 is 27.8 Å². The number of halogens is 4. The number of pyridine rings is 2. The molecule has 4 aromatic rings. The van der Waals surface area contributed by atoms with Gasteiger partial charge in [0.25, 0.3) is 0 Å². The molecule has 1 atom stereocenters. The Morgan fingerprint density at radius 1 is 1.22 bits per heavy atom. The lowest BCUT2D eigenvalue weighted by atomic mass is 10.1. The number of hydrogen-bond donors (Lipinski definition) is 1. The summed E-state index contributed by atoms with van der Waals surface area (Å²) in [6.45, 7) is 5.72. The van der Waals surface area contributed by atoms with E-state index in [0.717, 1.165) is 11.6 Å². The van der Waals surface area contributed by atoms with Crippen LogP contribution in [0.1, 0.15) is 30.9 Å². The van der Waals surface area contributed by atoms with Gasteiger partial charge in [0, 0.05) is 30.6 Å². The summed E-state index contributed by atoms with van der Waals surface area (Å²) in [4.78, 5) is 21.3. The van der Waals surface area contributed by atoms with Crippen LogP contribution in [0.5, 0.6) is 17.4 Å². The van der Waals surface area contributed by atoms with E-state index in [2.05, 4.69) is 15.1 Å². The van der Waals surface area contributed by atoms with Gasteiger partial charge in [0.1, 0.15) is 17.4 Å². The summed E-state index contributed by atoms with van der Waals surface area (Å²) >= 11 is 6.39. The van der Waals surface area contributed by atoms with E-state index >= 15 is 0 Å². The second-order valence-corrected chi connectivity index (χ2v) is 8.62. The number of rotatable bonds is 7. The first-order chi connectivity index (χ1) is 17.5. The molecule has 0 aliphatic carbocycles. The average Bonchev–Trinajstić information content (AvgIpc) is 3.18. The van der Waals surface area contributed by atoms with Crippen LogP contribution in [0.15, 0.2) is 35.4 Å². The van der Waals surface area contributed by atoms with Crippen molar-refractivity contribution in [2.75, 3.05) is 0 Å². The van der Waals surface area contributed by atoms with Gasteiger partial charge in [-0.1, -0.05) is 11.6 Å².